The number of pyridine rings is 1. The highest BCUT2D eigenvalue weighted by atomic mass is 19.1. The van der Waals surface area contributed by atoms with Gasteiger partial charge in [-0.25, -0.2) is 14.2 Å². The lowest BCUT2D eigenvalue weighted by Crippen LogP contribution is -2.12. The number of aromatic amines is 2. The first kappa shape index (κ1) is 20.0. The number of benzene rings is 2. The van der Waals surface area contributed by atoms with Crippen LogP contribution in [0.4, 0.5) is 10.1 Å². The van der Waals surface area contributed by atoms with Crippen molar-refractivity contribution in [1.82, 2.24) is 15.0 Å². The summed E-state index contributed by atoms with van der Waals surface area (Å²) in [5.41, 5.74) is 1.05. The topological polar surface area (TPSA) is 118 Å². The zero-order valence-electron chi connectivity index (χ0n) is 16.3. The Morgan fingerprint density at radius 2 is 1.94 bits per heavy atom. The van der Waals surface area contributed by atoms with E-state index >= 15 is 0 Å². The summed E-state index contributed by atoms with van der Waals surface area (Å²) in [6.07, 6.45) is 1.50. The molecule has 2 aromatic carbocycles. The van der Waals surface area contributed by atoms with Crippen molar-refractivity contribution >= 4 is 22.8 Å². The highest BCUT2D eigenvalue weighted by Gasteiger charge is 2.12. The predicted octanol–water partition coefficient (Wildman–Crippen LogP) is 3.61. The van der Waals surface area contributed by atoms with Crippen LogP contribution in [0, 0.1) is 0 Å². The van der Waals surface area contributed by atoms with Crippen molar-refractivity contribution in [2.24, 2.45) is 0 Å². The van der Waals surface area contributed by atoms with E-state index in [1.165, 1.54) is 19.4 Å². The first-order chi connectivity index (χ1) is 15.1. The summed E-state index contributed by atoms with van der Waals surface area (Å²) in [5, 5.41) is 2.75. The summed E-state index contributed by atoms with van der Waals surface area (Å²) in [4.78, 5) is 33.4. The number of ether oxygens (including phenoxy) is 3. The highest BCUT2D eigenvalue weighted by Crippen LogP contribution is 2.32. The second kappa shape index (κ2) is 8.57. The van der Waals surface area contributed by atoms with Crippen LogP contribution in [0.2, 0.25) is 0 Å². The largest absolute Gasteiger partial charge is 0.497 e. The monoisotopic (exact) mass is 424 g/mol. The molecule has 4 aromatic rings. The van der Waals surface area contributed by atoms with Crippen LogP contribution in [-0.2, 0) is 0 Å². The number of hydrogen-bond acceptors (Lipinski definition) is 6. The van der Waals surface area contributed by atoms with Crippen LogP contribution in [-0.4, -0.2) is 34.8 Å². The summed E-state index contributed by atoms with van der Waals surface area (Å²) in [6.45, 7) is -0.990. The number of nitrogens with one attached hydrogen (secondary N) is 3. The van der Waals surface area contributed by atoms with Gasteiger partial charge in [-0.15, -0.1) is 0 Å². The van der Waals surface area contributed by atoms with Crippen molar-refractivity contribution in [2.75, 3.05) is 19.3 Å². The molecule has 4 rings (SSSR count). The third-order valence-electron chi connectivity index (χ3n) is 4.30. The number of halogens is 1. The molecule has 0 fully saturated rings. The quantitative estimate of drug-likeness (QED) is 0.417. The molecule has 31 heavy (non-hydrogen) atoms. The zero-order valence-corrected chi connectivity index (χ0v) is 16.3. The second-order valence-corrected chi connectivity index (χ2v) is 6.35. The number of aromatic nitrogens is 3. The summed E-state index contributed by atoms with van der Waals surface area (Å²) in [7, 11) is 1.48. The number of carbonyl (C=O) groups is 1. The van der Waals surface area contributed by atoms with Gasteiger partial charge in [0, 0.05) is 41.7 Å². The van der Waals surface area contributed by atoms with Crippen LogP contribution < -0.4 is 25.2 Å². The van der Waals surface area contributed by atoms with Gasteiger partial charge in [0.05, 0.1) is 7.11 Å². The fraction of sp³-hybridized carbons (Fsp3) is 0.0952. The third kappa shape index (κ3) is 4.47. The maximum atomic E-state index is 12.6. The highest BCUT2D eigenvalue weighted by molar-refractivity contribution is 6.04. The number of methoxy groups -OCH3 is 1. The van der Waals surface area contributed by atoms with E-state index in [0.717, 1.165) is 0 Å². The second-order valence-electron chi connectivity index (χ2n) is 6.35. The average Bonchev–Trinajstić information content (AvgIpc) is 3.15. The molecule has 0 bridgehead atoms. The fourth-order valence-corrected chi connectivity index (χ4v) is 2.94. The maximum Gasteiger partial charge on any atom is 0.325 e. The Kier molecular flexibility index (Phi) is 5.52. The number of hydrogen-bond donors (Lipinski definition) is 3. The van der Waals surface area contributed by atoms with E-state index in [4.69, 9.17) is 14.2 Å². The van der Waals surface area contributed by atoms with E-state index in [9.17, 15) is 14.0 Å². The Bertz CT molecular complexity index is 1300. The molecule has 2 aromatic heterocycles. The fourth-order valence-electron chi connectivity index (χ4n) is 2.94. The van der Waals surface area contributed by atoms with Crippen molar-refractivity contribution in [3.63, 3.8) is 0 Å². The maximum absolute atomic E-state index is 12.6. The Hall–Kier alpha value is -4.34. The Morgan fingerprint density at radius 3 is 2.74 bits per heavy atom. The first-order valence-electron chi connectivity index (χ1n) is 9.10. The zero-order chi connectivity index (χ0) is 21.8. The van der Waals surface area contributed by atoms with Gasteiger partial charge in [-0.3, -0.25) is 9.78 Å². The van der Waals surface area contributed by atoms with Crippen molar-refractivity contribution in [3.8, 4) is 23.0 Å². The third-order valence-corrected chi connectivity index (χ3v) is 4.30. The van der Waals surface area contributed by atoms with E-state index in [0.29, 0.717) is 34.1 Å². The molecular weight excluding hydrogens is 407 g/mol. The number of nitrogens with zero attached hydrogens (tertiary/aromatic N) is 1. The standard InChI is InChI=1S/C21H17FN4O5/c1-29-15-8-13(24-20(27)12-3-2-4-14(7-12)30-11-22)9-16(10-15)31-17-5-6-23-19-18(17)25-21(28)26-19/h2-10H,11H2,1H3,(H,24,27)(H2,23,25,26,28). The van der Waals surface area contributed by atoms with Crippen LogP contribution in [0.1, 0.15) is 10.4 Å². The van der Waals surface area contributed by atoms with Gasteiger partial charge in [-0.05, 0) is 18.2 Å². The van der Waals surface area contributed by atoms with E-state index < -0.39 is 18.5 Å². The molecule has 3 N–H and O–H groups in total. The van der Waals surface area contributed by atoms with Crippen LogP contribution in [0.5, 0.6) is 23.0 Å². The summed E-state index contributed by atoms with van der Waals surface area (Å²) < 4.78 is 28.4. The van der Waals surface area contributed by atoms with Crippen LogP contribution >= 0.6 is 0 Å². The van der Waals surface area contributed by atoms with Crippen LogP contribution in [0.15, 0.2) is 59.5 Å². The minimum Gasteiger partial charge on any atom is -0.497 e. The average molecular weight is 424 g/mol. The Balaban J connectivity index is 1.61. The SMILES string of the molecule is COc1cc(NC(=O)c2cccc(OCF)c2)cc(Oc2ccnc3[nH]c(=O)[nH]c23)c1. The van der Waals surface area contributed by atoms with Gasteiger partial charge < -0.3 is 24.5 Å². The molecule has 0 saturated heterocycles. The van der Waals surface area contributed by atoms with Gasteiger partial charge in [0.15, 0.2) is 11.4 Å². The van der Waals surface area contributed by atoms with E-state index in [1.54, 1.807) is 42.5 Å². The number of H-pyrrole nitrogens is 2. The number of imidazole rings is 1. The van der Waals surface area contributed by atoms with Crippen molar-refractivity contribution in [3.05, 3.63) is 70.8 Å². The summed E-state index contributed by atoms with van der Waals surface area (Å²) in [6, 6.07) is 12.6. The first-order valence-corrected chi connectivity index (χ1v) is 9.10. The number of carbonyl (C=O) groups excluding carboxylic acids is 1. The van der Waals surface area contributed by atoms with Gasteiger partial charge in [-0.2, -0.15) is 0 Å². The van der Waals surface area contributed by atoms with E-state index in [2.05, 4.69) is 20.3 Å². The van der Waals surface area contributed by atoms with Gasteiger partial charge in [0.1, 0.15) is 22.8 Å². The molecule has 0 aliphatic heterocycles. The smallest absolute Gasteiger partial charge is 0.325 e. The van der Waals surface area contributed by atoms with E-state index in [1.807, 2.05) is 0 Å². The van der Waals surface area contributed by atoms with Crippen LogP contribution in [0.3, 0.4) is 0 Å². The molecule has 0 spiro atoms. The van der Waals surface area contributed by atoms with Gasteiger partial charge in [0.2, 0.25) is 6.86 Å². The van der Waals surface area contributed by atoms with Crippen molar-refractivity contribution in [2.45, 2.75) is 0 Å². The minimum atomic E-state index is -0.990. The van der Waals surface area contributed by atoms with Crippen molar-refractivity contribution < 1.29 is 23.4 Å². The predicted molar refractivity (Wildman–Crippen MR) is 111 cm³/mol. The molecule has 2 heterocycles. The molecule has 0 atom stereocenters. The number of alkyl halides is 1. The van der Waals surface area contributed by atoms with Crippen molar-refractivity contribution in [1.29, 1.82) is 0 Å². The molecule has 0 aliphatic rings. The summed E-state index contributed by atoms with van der Waals surface area (Å²) >= 11 is 0. The lowest BCUT2D eigenvalue weighted by Gasteiger charge is -2.12. The molecule has 0 aliphatic carbocycles. The number of rotatable bonds is 7. The molecule has 0 radical (unpaired) electrons. The number of amides is 1. The minimum absolute atomic E-state index is 0.243. The van der Waals surface area contributed by atoms with Gasteiger partial charge in [-0.1, -0.05) is 6.07 Å². The molecule has 0 unspecified atom stereocenters. The summed E-state index contributed by atoms with van der Waals surface area (Å²) in [5.74, 6) is 0.982. The Labute approximate surface area is 174 Å². The van der Waals surface area contributed by atoms with Gasteiger partial charge in [0.25, 0.3) is 5.91 Å². The molecule has 10 heteroatoms. The molecular formula is C21H17FN4O5. The normalized spacial score (nSPS) is 10.6. The lowest BCUT2D eigenvalue weighted by atomic mass is 10.2. The van der Waals surface area contributed by atoms with Crippen LogP contribution in [0.25, 0.3) is 11.2 Å². The lowest BCUT2D eigenvalue weighted by molar-refractivity contribution is 0.102. The molecule has 1 amide bonds. The molecule has 158 valence electrons. The number of anilines is 1. The Morgan fingerprint density at radius 1 is 1.10 bits per heavy atom. The van der Waals surface area contributed by atoms with Gasteiger partial charge >= 0.3 is 5.69 Å². The van der Waals surface area contributed by atoms with E-state index in [-0.39, 0.29) is 11.3 Å². The number of fused-ring (bicyclic) bond motifs is 1. The molecule has 0 saturated carbocycles. The molecule has 9 nitrogen and oxygen atoms in total.